The van der Waals surface area contributed by atoms with Gasteiger partial charge in [-0.2, -0.15) is 0 Å². The van der Waals surface area contributed by atoms with Crippen molar-refractivity contribution in [2.45, 2.75) is 51.0 Å². The predicted octanol–water partition coefficient (Wildman–Crippen LogP) is 3.42. The average molecular weight is 308 g/mol. The third kappa shape index (κ3) is 2.81. The molecule has 0 amide bonds. The molecule has 1 saturated carbocycles. The van der Waals surface area contributed by atoms with E-state index in [0.29, 0.717) is 18.4 Å². The summed E-state index contributed by atoms with van der Waals surface area (Å²) in [6, 6.07) is 0. The maximum atomic E-state index is 12.1. The Balaban J connectivity index is 1.95. The van der Waals surface area contributed by atoms with Crippen LogP contribution in [0.15, 0.2) is 0 Å². The summed E-state index contributed by atoms with van der Waals surface area (Å²) in [6.07, 6.45) is 5.48. The minimum Gasteiger partial charge on any atom is -0.397 e. The van der Waals surface area contributed by atoms with Crippen molar-refractivity contribution >= 4 is 27.8 Å². The number of piperidine rings is 1. The van der Waals surface area contributed by atoms with Crippen LogP contribution in [-0.4, -0.2) is 32.1 Å². The molecule has 5 heteroatoms. The number of nitrogens with two attached hydrogens (primary N) is 1. The van der Waals surface area contributed by atoms with Gasteiger partial charge >= 0.3 is 0 Å². The maximum absolute atomic E-state index is 12.1. The fraction of sp³-hybridized carbons (Fsp3) is 0.688. The molecule has 1 aromatic rings. The third-order valence-corrected chi connectivity index (χ3v) is 5.85. The highest BCUT2D eigenvalue weighted by molar-refractivity contribution is 7.19. The van der Waals surface area contributed by atoms with E-state index in [1.807, 2.05) is 6.92 Å². The Morgan fingerprint density at radius 3 is 2.81 bits per heavy atom. The van der Waals surface area contributed by atoms with Crippen molar-refractivity contribution in [3.63, 3.8) is 0 Å². The van der Waals surface area contributed by atoms with Crippen LogP contribution in [0.25, 0.3) is 0 Å². The van der Waals surface area contributed by atoms with Gasteiger partial charge in [-0.05, 0) is 31.6 Å². The minimum absolute atomic E-state index is 0.172. The van der Waals surface area contributed by atoms with E-state index >= 15 is 0 Å². The fourth-order valence-corrected chi connectivity index (χ4v) is 4.48. The second-order valence-electron chi connectivity index (χ2n) is 6.06. The highest BCUT2D eigenvalue weighted by Crippen LogP contribution is 2.52. The summed E-state index contributed by atoms with van der Waals surface area (Å²) in [4.78, 5) is 15.3. The molecule has 1 atom stereocenters. The van der Waals surface area contributed by atoms with Crippen molar-refractivity contribution in [1.29, 1.82) is 0 Å². The zero-order chi connectivity index (χ0) is 15.0. The molecule has 2 aliphatic rings. The van der Waals surface area contributed by atoms with Crippen molar-refractivity contribution in [1.82, 2.24) is 0 Å². The molecule has 2 fully saturated rings. The number of ketones is 1. The van der Waals surface area contributed by atoms with E-state index in [4.69, 9.17) is 10.5 Å². The van der Waals surface area contributed by atoms with Crippen LogP contribution in [0.5, 0.6) is 0 Å². The van der Waals surface area contributed by atoms with Gasteiger partial charge in [-0.1, -0.05) is 6.92 Å². The number of anilines is 2. The topological polar surface area (TPSA) is 55.6 Å². The van der Waals surface area contributed by atoms with Crippen LogP contribution >= 0.6 is 11.3 Å². The van der Waals surface area contributed by atoms with Crippen LogP contribution < -0.4 is 10.6 Å². The van der Waals surface area contributed by atoms with Crippen molar-refractivity contribution in [3.8, 4) is 0 Å². The smallest absolute Gasteiger partial charge is 0.174 e. The second-order valence-corrected chi connectivity index (χ2v) is 7.06. The Morgan fingerprint density at radius 1 is 1.43 bits per heavy atom. The van der Waals surface area contributed by atoms with Gasteiger partial charge in [0.15, 0.2) is 5.78 Å². The molecule has 0 aromatic carbocycles. The van der Waals surface area contributed by atoms with E-state index in [-0.39, 0.29) is 5.78 Å². The molecule has 4 nitrogen and oxygen atoms in total. The molecule has 1 aromatic heterocycles. The van der Waals surface area contributed by atoms with Gasteiger partial charge < -0.3 is 15.4 Å². The molecule has 116 valence electrons. The average Bonchev–Trinajstić information content (AvgIpc) is 3.29. The van der Waals surface area contributed by atoms with Crippen LogP contribution in [0.1, 0.15) is 60.2 Å². The summed E-state index contributed by atoms with van der Waals surface area (Å²) >= 11 is 1.60. The van der Waals surface area contributed by atoms with Crippen LogP contribution in [0.4, 0.5) is 10.7 Å². The number of ether oxygens (including phenoxy) is 1. The molecule has 1 aliphatic heterocycles. The van der Waals surface area contributed by atoms with E-state index in [0.717, 1.165) is 36.5 Å². The van der Waals surface area contributed by atoms with Gasteiger partial charge in [0, 0.05) is 32.2 Å². The first kappa shape index (κ1) is 14.9. The lowest BCUT2D eigenvalue weighted by Gasteiger charge is -2.33. The Morgan fingerprint density at radius 2 is 2.19 bits per heavy atom. The van der Waals surface area contributed by atoms with E-state index < -0.39 is 0 Å². The van der Waals surface area contributed by atoms with Crippen molar-refractivity contribution in [2.24, 2.45) is 0 Å². The summed E-state index contributed by atoms with van der Waals surface area (Å²) in [5.74, 6) is 0.739. The van der Waals surface area contributed by atoms with Gasteiger partial charge in [0.25, 0.3) is 0 Å². The Bertz CT molecular complexity index is 537. The number of carbonyl (C=O) groups is 1. The second kappa shape index (κ2) is 5.97. The first-order valence-corrected chi connectivity index (χ1v) is 8.70. The highest BCUT2D eigenvalue weighted by Gasteiger charge is 2.35. The molecule has 2 heterocycles. The quantitative estimate of drug-likeness (QED) is 0.847. The zero-order valence-electron chi connectivity index (χ0n) is 12.9. The van der Waals surface area contributed by atoms with Gasteiger partial charge in [0.05, 0.1) is 21.7 Å². The van der Waals surface area contributed by atoms with E-state index in [9.17, 15) is 4.79 Å². The van der Waals surface area contributed by atoms with E-state index in [1.165, 1.54) is 23.4 Å². The van der Waals surface area contributed by atoms with Crippen LogP contribution in [-0.2, 0) is 4.74 Å². The summed E-state index contributed by atoms with van der Waals surface area (Å²) < 4.78 is 5.53. The fourth-order valence-electron chi connectivity index (χ4n) is 3.13. The van der Waals surface area contributed by atoms with Crippen LogP contribution in [0, 0.1) is 0 Å². The van der Waals surface area contributed by atoms with E-state index in [1.54, 1.807) is 18.4 Å². The zero-order valence-corrected chi connectivity index (χ0v) is 13.7. The summed E-state index contributed by atoms with van der Waals surface area (Å²) in [5.41, 5.74) is 8.32. The van der Waals surface area contributed by atoms with Gasteiger partial charge in [-0.25, -0.2) is 0 Å². The number of carbonyl (C=O) groups excluding carboxylic acids is 1. The number of thiophene rings is 1. The first-order chi connectivity index (χ1) is 10.2. The molecule has 0 bridgehead atoms. The number of hydrogen-bond donors (Lipinski definition) is 1. The van der Waals surface area contributed by atoms with E-state index in [2.05, 4.69) is 4.90 Å². The van der Waals surface area contributed by atoms with Gasteiger partial charge in [-0.15, -0.1) is 11.3 Å². The minimum atomic E-state index is 0.172. The molecule has 1 unspecified atom stereocenters. The molecule has 0 spiro atoms. The number of hydrogen-bond acceptors (Lipinski definition) is 5. The lowest BCUT2D eigenvalue weighted by atomic mass is 10.1. The number of nitrogens with zero attached hydrogens (tertiary/aromatic N) is 1. The number of rotatable bonds is 5. The molecule has 2 N–H and O–H groups in total. The Kier molecular flexibility index (Phi) is 4.22. The molecule has 3 rings (SSSR count). The third-order valence-electron chi connectivity index (χ3n) is 4.52. The maximum Gasteiger partial charge on any atom is 0.174 e. The predicted molar refractivity (Wildman–Crippen MR) is 87.6 cm³/mol. The first-order valence-electron chi connectivity index (χ1n) is 7.88. The number of nitrogen functional groups attached to an aromatic ring is 1. The Labute approximate surface area is 130 Å². The standard InChI is InChI=1S/C16H24N2O2S/c1-3-12(19)15-14(17)13(10-6-7-10)16(21-15)18-8-4-5-11(9-18)20-2/h10-11H,3-9,17H2,1-2H3. The molecule has 0 radical (unpaired) electrons. The molecule has 21 heavy (non-hydrogen) atoms. The number of Topliss-reactive ketones (excluding diaryl/α,β-unsaturated/α-hetero) is 1. The van der Waals surface area contributed by atoms with Gasteiger partial charge in [0.2, 0.25) is 0 Å². The monoisotopic (exact) mass is 308 g/mol. The SMILES string of the molecule is CCC(=O)c1sc(N2CCCC(OC)C2)c(C2CC2)c1N. The van der Waals surface area contributed by atoms with Crippen LogP contribution in [0.2, 0.25) is 0 Å². The van der Waals surface area contributed by atoms with Crippen molar-refractivity contribution in [2.75, 3.05) is 30.8 Å². The number of methoxy groups -OCH3 is 1. The summed E-state index contributed by atoms with van der Waals surface area (Å²) in [7, 11) is 1.78. The molecule has 1 aliphatic carbocycles. The summed E-state index contributed by atoms with van der Waals surface area (Å²) in [6.45, 7) is 3.86. The summed E-state index contributed by atoms with van der Waals surface area (Å²) in [5, 5.41) is 1.23. The van der Waals surface area contributed by atoms with Gasteiger partial charge in [-0.3, -0.25) is 4.79 Å². The molecular weight excluding hydrogens is 284 g/mol. The normalized spacial score (nSPS) is 22.6. The largest absolute Gasteiger partial charge is 0.397 e. The van der Waals surface area contributed by atoms with Crippen molar-refractivity contribution < 1.29 is 9.53 Å². The lowest BCUT2D eigenvalue weighted by Crippen LogP contribution is -2.39. The molecular formula is C16H24N2O2S. The van der Waals surface area contributed by atoms with Crippen LogP contribution in [0.3, 0.4) is 0 Å². The Hall–Kier alpha value is -1.07. The van der Waals surface area contributed by atoms with Crippen molar-refractivity contribution in [3.05, 3.63) is 10.4 Å². The highest BCUT2D eigenvalue weighted by atomic mass is 32.1. The lowest BCUT2D eigenvalue weighted by molar-refractivity contribution is 0.0895. The molecule has 1 saturated heterocycles. The van der Waals surface area contributed by atoms with Gasteiger partial charge in [0.1, 0.15) is 0 Å².